The van der Waals surface area contributed by atoms with Gasteiger partial charge in [0.1, 0.15) is 0 Å². The van der Waals surface area contributed by atoms with Crippen LogP contribution in [0.15, 0.2) is 48.5 Å². The Morgan fingerprint density at radius 3 is 2.50 bits per heavy atom. The highest BCUT2D eigenvalue weighted by molar-refractivity contribution is 5.91. The first-order valence-corrected chi connectivity index (χ1v) is 8.16. The average molecular weight is 327 g/mol. The first-order valence-electron chi connectivity index (χ1n) is 8.16. The number of benzene rings is 2. The molecule has 0 saturated heterocycles. The largest absolute Gasteiger partial charge is 0.416 e. The third-order valence-electron chi connectivity index (χ3n) is 3.75. The summed E-state index contributed by atoms with van der Waals surface area (Å²) in [4.78, 5) is 22.8. The third-order valence-corrected chi connectivity index (χ3v) is 3.75. The summed E-state index contributed by atoms with van der Waals surface area (Å²) in [7, 11) is 0. The second kappa shape index (κ2) is 8.82. The second-order valence-electron chi connectivity index (χ2n) is 5.63. The van der Waals surface area contributed by atoms with Crippen molar-refractivity contribution in [2.75, 3.05) is 0 Å². The lowest BCUT2D eigenvalue weighted by atomic mass is 10.1. The molecule has 0 spiro atoms. The van der Waals surface area contributed by atoms with Crippen molar-refractivity contribution in [1.29, 1.82) is 0 Å². The monoisotopic (exact) mass is 327 g/mol. The molecule has 0 N–H and O–H groups in total. The molecule has 2 rings (SSSR count). The molecule has 0 aromatic heterocycles. The fourth-order valence-electron chi connectivity index (χ4n) is 2.44. The highest BCUT2D eigenvalue weighted by atomic mass is 16.6. The van der Waals surface area contributed by atoms with Crippen molar-refractivity contribution in [3.8, 4) is 5.75 Å². The zero-order chi connectivity index (χ0) is 17.4. The normalized spacial score (nSPS) is 10.4. The van der Waals surface area contributed by atoms with Crippen molar-refractivity contribution in [2.24, 2.45) is 0 Å². The van der Waals surface area contributed by atoms with Gasteiger partial charge in [0.2, 0.25) is 5.75 Å². The number of hydrogen-bond donors (Lipinski definition) is 0. The van der Waals surface area contributed by atoms with Crippen LogP contribution in [0.2, 0.25) is 0 Å². The smallest absolute Gasteiger partial charge is 0.343 e. The van der Waals surface area contributed by atoms with Crippen molar-refractivity contribution in [3.05, 3.63) is 69.8 Å². The van der Waals surface area contributed by atoms with Gasteiger partial charge in [-0.2, -0.15) is 0 Å². The molecule has 0 amide bonds. The number of unbranched alkanes of at least 4 members (excludes halogenated alkanes) is 3. The van der Waals surface area contributed by atoms with Gasteiger partial charge in [0.05, 0.1) is 10.5 Å². The van der Waals surface area contributed by atoms with Gasteiger partial charge in [-0.15, -0.1) is 0 Å². The summed E-state index contributed by atoms with van der Waals surface area (Å²) in [5.74, 6) is -0.624. The Bertz CT molecular complexity index is 698. The van der Waals surface area contributed by atoms with E-state index in [0.29, 0.717) is 5.56 Å². The highest BCUT2D eigenvalue weighted by Crippen LogP contribution is 2.29. The molecule has 2 aromatic rings. The van der Waals surface area contributed by atoms with Crippen molar-refractivity contribution >= 4 is 11.7 Å². The van der Waals surface area contributed by atoms with E-state index in [-0.39, 0.29) is 11.4 Å². The maximum absolute atomic E-state index is 12.1. The van der Waals surface area contributed by atoms with Gasteiger partial charge < -0.3 is 4.74 Å². The predicted molar refractivity (Wildman–Crippen MR) is 92.3 cm³/mol. The molecule has 126 valence electrons. The standard InChI is InChI=1S/C19H21NO4/c1-2-3-4-6-9-15-12-13-18(17(14-15)20(22)23)24-19(21)16-10-7-5-8-11-16/h5,7-8,10-14H,2-4,6,9H2,1H3. The number of rotatable bonds is 8. The zero-order valence-electron chi connectivity index (χ0n) is 13.7. The van der Waals surface area contributed by atoms with E-state index in [1.807, 2.05) is 0 Å². The number of carbonyl (C=O) groups excluding carboxylic acids is 1. The van der Waals surface area contributed by atoms with Gasteiger partial charge in [0.25, 0.3) is 0 Å². The molecule has 2 aromatic carbocycles. The van der Waals surface area contributed by atoms with Crippen LogP contribution in [0, 0.1) is 10.1 Å². The Hall–Kier alpha value is -2.69. The number of esters is 1. The molecule has 5 heteroatoms. The van der Waals surface area contributed by atoms with Crippen LogP contribution in [-0.4, -0.2) is 10.9 Å². The third kappa shape index (κ3) is 4.91. The van der Waals surface area contributed by atoms with E-state index < -0.39 is 10.9 Å². The number of hydrogen-bond acceptors (Lipinski definition) is 4. The molecule has 0 bridgehead atoms. The van der Waals surface area contributed by atoms with Crippen LogP contribution in [-0.2, 0) is 6.42 Å². The molecular weight excluding hydrogens is 306 g/mol. The SMILES string of the molecule is CCCCCCc1ccc(OC(=O)c2ccccc2)c([N+](=O)[O-])c1. The van der Waals surface area contributed by atoms with Crippen molar-refractivity contribution in [2.45, 2.75) is 39.0 Å². The summed E-state index contributed by atoms with van der Waals surface area (Å²) in [6, 6.07) is 13.2. The predicted octanol–water partition coefficient (Wildman–Crippen LogP) is 4.94. The van der Waals surface area contributed by atoms with E-state index in [4.69, 9.17) is 4.74 Å². The summed E-state index contributed by atoms with van der Waals surface area (Å²) in [5, 5.41) is 11.3. The van der Waals surface area contributed by atoms with Crippen molar-refractivity contribution in [3.63, 3.8) is 0 Å². The highest BCUT2D eigenvalue weighted by Gasteiger charge is 2.19. The Morgan fingerprint density at radius 1 is 1.08 bits per heavy atom. The fourth-order valence-corrected chi connectivity index (χ4v) is 2.44. The Balaban J connectivity index is 2.12. The zero-order valence-corrected chi connectivity index (χ0v) is 13.7. The van der Waals surface area contributed by atoms with Gasteiger partial charge in [-0.05, 0) is 36.6 Å². The van der Waals surface area contributed by atoms with E-state index >= 15 is 0 Å². The van der Waals surface area contributed by atoms with Crippen LogP contribution in [0.5, 0.6) is 5.75 Å². The number of aryl methyl sites for hydroxylation is 1. The van der Waals surface area contributed by atoms with Crippen molar-refractivity contribution in [1.82, 2.24) is 0 Å². The number of ether oxygens (including phenoxy) is 1. The van der Waals surface area contributed by atoms with E-state index in [1.54, 1.807) is 36.4 Å². The number of nitrogens with zero attached hydrogens (tertiary/aromatic N) is 1. The molecule has 0 radical (unpaired) electrons. The van der Waals surface area contributed by atoms with Crippen LogP contribution < -0.4 is 4.74 Å². The van der Waals surface area contributed by atoms with Gasteiger partial charge >= 0.3 is 11.7 Å². The Morgan fingerprint density at radius 2 is 1.83 bits per heavy atom. The van der Waals surface area contributed by atoms with Gasteiger partial charge in [-0.1, -0.05) is 50.5 Å². The minimum Gasteiger partial charge on any atom is -0.416 e. The summed E-state index contributed by atoms with van der Waals surface area (Å²) in [6.07, 6.45) is 5.19. The molecule has 0 aliphatic rings. The van der Waals surface area contributed by atoms with Gasteiger partial charge in [-0.3, -0.25) is 10.1 Å². The molecule has 0 unspecified atom stereocenters. The Labute approximate surface area is 141 Å². The molecule has 0 atom stereocenters. The Kier molecular flexibility index (Phi) is 6.49. The summed E-state index contributed by atoms with van der Waals surface area (Å²) >= 11 is 0. The lowest BCUT2D eigenvalue weighted by Crippen LogP contribution is -2.09. The summed E-state index contributed by atoms with van der Waals surface area (Å²) < 4.78 is 5.21. The van der Waals surface area contributed by atoms with Crippen LogP contribution in [0.1, 0.15) is 48.5 Å². The topological polar surface area (TPSA) is 69.4 Å². The molecule has 0 fully saturated rings. The van der Waals surface area contributed by atoms with Crippen LogP contribution >= 0.6 is 0 Å². The number of carbonyl (C=O) groups is 1. The quantitative estimate of drug-likeness (QED) is 0.226. The molecule has 0 aliphatic carbocycles. The lowest BCUT2D eigenvalue weighted by molar-refractivity contribution is -0.385. The number of nitro benzene ring substituents is 1. The van der Waals surface area contributed by atoms with E-state index in [0.717, 1.165) is 37.7 Å². The van der Waals surface area contributed by atoms with E-state index in [2.05, 4.69) is 6.92 Å². The van der Waals surface area contributed by atoms with Crippen LogP contribution in [0.4, 0.5) is 5.69 Å². The average Bonchev–Trinajstić information content (AvgIpc) is 2.60. The van der Waals surface area contributed by atoms with Gasteiger partial charge in [0.15, 0.2) is 0 Å². The summed E-state index contributed by atoms with van der Waals surface area (Å²) in [6.45, 7) is 2.14. The minimum absolute atomic E-state index is 0.0221. The summed E-state index contributed by atoms with van der Waals surface area (Å²) in [5.41, 5.74) is 1.07. The molecule has 0 heterocycles. The molecule has 5 nitrogen and oxygen atoms in total. The van der Waals surface area contributed by atoms with E-state index in [9.17, 15) is 14.9 Å². The van der Waals surface area contributed by atoms with Crippen LogP contribution in [0.3, 0.4) is 0 Å². The fraction of sp³-hybridized carbons (Fsp3) is 0.316. The van der Waals surface area contributed by atoms with Crippen LogP contribution in [0.25, 0.3) is 0 Å². The second-order valence-corrected chi connectivity index (χ2v) is 5.63. The first kappa shape index (κ1) is 17.7. The van der Waals surface area contributed by atoms with Crippen molar-refractivity contribution < 1.29 is 14.5 Å². The maximum Gasteiger partial charge on any atom is 0.343 e. The molecule has 24 heavy (non-hydrogen) atoms. The van der Waals surface area contributed by atoms with Gasteiger partial charge in [0, 0.05) is 6.07 Å². The number of nitro groups is 1. The maximum atomic E-state index is 12.1. The first-order chi connectivity index (χ1) is 11.6. The lowest BCUT2D eigenvalue weighted by Gasteiger charge is -2.07. The molecular formula is C19H21NO4. The van der Waals surface area contributed by atoms with Gasteiger partial charge in [-0.25, -0.2) is 4.79 Å². The minimum atomic E-state index is -0.602. The molecule has 0 saturated carbocycles. The van der Waals surface area contributed by atoms with E-state index in [1.165, 1.54) is 12.1 Å². The molecule has 0 aliphatic heterocycles.